The highest BCUT2D eigenvalue weighted by Crippen LogP contribution is 2.45. The Bertz CT molecular complexity index is 1450. The summed E-state index contributed by atoms with van der Waals surface area (Å²) < 4.78 is 39.4. The standard InChI is InChI=1S/C27H26N2O5S2/c1-5-15-29-22-17-24(34-4)23(33-3)16-20(22)18(2)26(36(29,31)32)27(30)28-21-13-9-10-14-25(21)35-19-11-7-6-8-12-19/h5-14,16-17H,1,15H2,2-4H3,(H,28,30). The molecule has 3 aromatic rings. The lowest BCUT2D eigenvalue weighted by atomic mass is 10.0. The second-order valence-electron chi connectivity index (χ2n) is 7.87. The van der Waals surface area contributed by atoms with Gasteiger partial charge in [-0.2, -0.15) is 0 Å². The summed E-state index contributed by atoms with van der Waals surface area (Å²) >= 11 is 1.48. The molecular formula is C27H26N2O5S2. The van der Waals surface area contributed by atoms with Crippen LogP contribution in [0.15, 0.2) is 94.1 Å². The van der Waals surface area contributed by atoms with Crippen LogP contribution in [0.25, 0.3) is 5.57 Å². The van der Waals surface area contributed by atoms with Crippen LogP contribution in [-0.4, -0.2) is 35.1 Å². The predicted octanol–water partition coefficient (Wildman–Crippen LogP) is 5.56. The number of amides is 1. The average Bonchev–Trinajstić information content (AvgIpc) is 2.87. The molecule has 0 bridgehead atoms. The van der Waals surface area contributed by atoms with Crippen molar-refractivity contribution in [2.45, 2.75) is 16.7 Å². The second kappa shape index (κ2) is 10.5. The number of ether oxygens (including phenoxy) is 2. The van der Waals surface area contributed by atoms with Crippen molar-refractivity contribution in [3.05, 3.63) is 89.9 Å². The number of carbonyl (C=O) groups excluding carboxylic acids is 1. The lowest BCUT2D eigenvalue weighted by Crippen LogP contribution is -2.39. The van der Waals surface area contributed by atoms with Crippen molar-refractivity contribution >= 4 is 44.6 Å². The van der Waals surface area contributed by atoms with Gasteiger partial charge in [0.15, 0.2) is 16.4 Å². The van der Waals surface area contributed by atoms with Gasteiger partial charge in [-0.25, -0.2) is 8.42 Å². The minimum absolute atomic E-state index is 0.0185. The summed E-state index contributed by atoms with van der Waals surface area (Å²) in [5.41, 5.74) is 1.78. The molecule has 186 valence electrons. The van der Waals surface area contributed by atoms with Crippen LogP contribution in [-0.2, 0) is 14.8 Å². The SMILES string of the molecule is C=CCN1c2cc(OC)c(OC)cc2C(C)=C(C(=O)Nc2ccccc2Sc2ccccc2)S1(=O)=O. The minimum atomic E-state index is -4.20. The molecule has 0 atom stereocenters. The van der Waals surface area contributed by atoms with Gasteiger partial charge in [0, 0.05) is 21.4 Å². The quantitative estimate of drug-likeness (QED) is 0.390. The molecule has 0 saturated carbocycles. The summed E-state index contributed by atoms with van der Waals surface area (Å²) in [6.07, 6.45) is 1.47. The van der Waals surface area contributed by atoms with Gasteiger partial charge in [-0.05, 0) is 42.8 Å². The van der Waals surface area contributed by atoms with E-state index in [0.717, 1.165) is 14.1 Å². The van der Waals surface area contributed by atoms with Gasteiger partial charge >= 0.3 is 0 Å². The molecular weight excluding hydrogens is 496 g/mol. The van der Waals surface area contributed by atoms with Crippen LogP contribution < -0.4 is 19.1 Å². The van der Waals surface area contributed by atoms with Crippen molar-refractivity contribution < 1.29 is 22.7 Å². The number of methoxy groups -OCH3 is 2. The van der Waals surface area contributed by atoms with E-state index < -0.39 is 15.9 Å². The average molecular weight is 523 g/mol. The summed E-state index contributed by atoms with van der Waals surface area (Å²) in [5, 5.41) is 2.83. The lowest BCUT2D eigenvalue weighted by Gasteiger charge is -2.32. The third-order valence-corrected chi connectivity index (χ3v) is 8.69. The summed E-state index contributed by atoms with van der Waals surface area (Å²) in [4.78, 5) is 15.0. The van der Waals surface area contributed by atoms with Gasteiger partial charge in [-0.1, -0.05) is 48.2 Å². The zero-order chi connectivity index (χ0) is 25.9. The van der Waals surface area contributed by atoms with Crippen LogP contribution in [0.3, 0.4) is 0 Å². The maximum Gasteiger partial charge on any atom is 0.270 e. The minimum Gasteiger partial charge on any atom is -0.493 e. The monoisotopic (exact) mass is 522 g/mol. The number of nitrogens with zero attached hydrogens (tertiary/aromatic N) is 1. The molecule has 4 rings (SSSR count). The van der Waals surface area contributed by atoms with E-state index in [4.69, 9.17) is 9.47 Å². The number of carbonyl (C=O) groups is 1. The number of nitrogens with one attached hydrogen (secondary N) is 1. The van der Waals surface area contributed by atoms with Crippen LogP contribution in [0.2, 0.25) is 0 Å². The van der Waals surface area contributed by atoms with Gasteiger partial charge in [0.05, 0.1) is 32.1 Å². The van der Waals surface area contributed by atoms with Gasteiger partial charge in [-0.15, -0.1) is 6.58 Å². The molecule has 0 aliphatic carbocycles. The molecule has 1 amide bonds. The zero-order valence-electron chi connectivity index (χ0n) is 20.1. The molecule has 0 unspecified atom stereocenters. The fourth-order valence-electron chi connectivity index (χ4n) is 3.99. The number of rotatable bonds is 8. The number of sulfonamides is 1. The van der Waals surface area contributed by atoms with E-state index in [1.807, 2.05) is 42.5 Å². The van der Waals surface area contributed by atoms with E-state index in [9.17, 15) is 13.2 Å². The topological polar surface area (TPSA) is 84.9 Å². The smallest absolute Gasteiger partial charge is 0.270 e. The van der Waals surface area contributed by atoms with E-state index in [0.29, 0.717) is 34.0 Å². The van der Waals surface area contributed by atoms with Gasteiger partial charge in [-0.3, -0.25) is 9.10 Å². The van der Waals surface area contributed by atoms with Crippen LogP contribution in [0, 0.1) is 0 Å². The third kappa shape index (κ3) is 4.72. The first kappa shape index (κ1) is 25.4. The Hall–Kier alpha value is -3.69. The number of hydrogen-bond acceptors (Lipinski definition) is 6. The molecule has 1 heterocycles. The first-order chi connectivity index (χ1) is 17.3. The molecule has 1 aliphatic heterocycles. The highest BCUT2D eigenvalue weighted by Gasteiger charge is 2.40. The van der Waals surface area contributed by atoms with E-state index in [1.54, 1.807) is 31.2 Å². The van der Waals surface area contributed by atoms with E-state index in [2.05, 4.69) is 11.9 Å². The Balaban J connectivity index is 1.79. The molecule has 0 aromatic heterocycles. The zero-order valence-corrected chi connectivity index (χ0v) is 21.8. The Morgan fingerprint density at radius 2 is 1.67 bits per heavy atom. The molecule has 1 N–H and O–H groups in total. The van der Waals surface area contributed by atoms with E-state index in [-0.39, 0.29) is 11.4 Å². The fraction of sp³-hybridized carbons (Fsp3) is 0.148. The first-order valence-electron chi connectivity index (χ1n) is 11.1. The Morgan fingerprint density at radius 1 is 1.03 bits per heavy atom. The summed E-state index contributed by atoms with van der Waals surface area (Å²) in [5.74, 6) is 0.0917. The number of allylic oxidation sites excluding steroid dienone is 1. The van der Waals surface area contributed by atoms with Crippen LogP contribution in [0.5, 0.6) is 11.5 Å². The number of benzene rings is 3. The highest BCUT2D eigenvalue weighted by atomic mass is 32.2. The van der Waals surface area contributed by atoms with Crippen molar-refractivity contribution in [2.75, 3.05) is 30.4 Å². The molecule has 0 saturated heterocycles. The molecule has 3 aromatic carbocycles. The summed E-state index contributed by atoms with van der Waals surface area (Å²) in [7, 11) is -1.22. The summed E-state index contributed by atoms with van der Waals surface area (Å²) in [6, 6.07) is 20.3. The van der Waals surface area contributed by atoms with Gasteiger partial charge in [0.2, 0.25) is 0 Å². The van der Waals surface area contributed by atoms with Crippen molar-refractivity contribution in [2.24, 2.45) is 0 Å². The summed E-state index contributed by atoms with van der Waals surface area (Å²) in [6.45, 7) is 5.30. The first-order valence-corrected chi connectivity index (χ1v) is 13.3. The van der Waals surface area contributed by atoms with E-state index in [1.165, 1.54) is 32.1 Å². The number of hydrogen-bond donors (Lipinski definition) is 1. The van der Waals surface area contributed by atoms with Gasteiger partial charge in [0.25, 0.3) is 15.9 Å². The van der Waals surface area contributed by atoms with Gasteiger partial charge < -0.3 is 14.8 Å². The molecule has 9 heteroatoms. The Morgan fingerprint density at radius 3 is 2.33 bits per heavy atom. The normalized spacial score (nSPS) is 14.1. The van der Waals surface area contributed by atoms with Crippen LogP contribution in [0.4, 0.5) is 11.4 Å². The van der Waals surface area contributed by atoms with Gasteiger partial charge in [0.1, 0.15) is 0 Å². The molecule has 0 fully saturated rings. The van der Waals surface area contributed by atoms with Crippen molar-refractivity contribution in [3.8, 4) is 11.5 Å². The Labute approximate surface area is 215 Å². The molecule has 1 aliphatic rings. The number of para-hydroxylation sites is 1. The number of fused-ring (bicyclic) bond motifs is 1. The van der Waals surface area contributed by atoms with Crippen molar-refractivity contribution in [1.29, 1.82) is 0 Å². The van der Waals surface area contributed by atoms with Crippen LogP contribution >= 0.6 is 11.8 Å². The number of anilines is 2. The third-order valence-electron chi connectivity index (χ3n) is 5.67. The lowest BCUT2D eigenvalue weighted by molar-refractivity contribution is -0.112. The molecule has 36 heavy (non-hydrogen) atoms. The van der Waals surface area contributed by atoms with Crippen molar-refractivity contribution in [3.63, 3.8) is 0 Å². The van der Waals surface area contributed by atoms with Crippen molar-refractivity contribution in [1.82, 2.24) is 0 Å². The predicted molar refractivity (Wildman–Crippen MR) is 144 cm³/mol. The maximum absolute atomic E-state index is 13.7. The fourth-order valence-corrected chi connectivity index (χ4v) is 6.62. The highest BCUT2D eigenvalue weighted by molar-refractivity contribution is 7.99. The molecule has 0 radical (unpaired) electrons. The molecule has 7 nitrogen and oxygen atoms in total. The van der Waals surface area contributed by atoms with Crippen LogP contribution in [0.1, 0.15) is 12.5 Å². The maximum atomic E-state index is 13.7. The van der Waals surface area contributed by atoms with E-state index >= 15 is 0 Å². The largest absolute Gasteiger partial charge is 0.493 e. The molecule has 0 spiro atoms. The Kier molecular flexibility index (Phi) is 7.42. The second-order valence-corrected chi connectivity index (χ2v) is 10.8.